The Morgan fingerprint density at radius 2 is 2.43 bits per heavy atom. The van der Waals surface area contributed by atoms with Crippen molar-refractivity contribution in [3.05, 3.63) is 0 Å². The van der Waals surface area contributed by atoms with Gasteiger partial charge in [0.05, 0.1) is 0 Å². The number of carboxylic acids is 1. The van der Waals surface area contributed by atoms with Crippen LogP contribution in [-0.2, 0) is 4.79 Å². The Balaban J connectivity index is 1.77. The fraction of sp³-hybridized carbons (Fsp3) is 0.900. The highest BCUT2D eigenvalue weighted by Gasteiger charge is 2.30. The molecular weight excluding hydrogens is 180 g/mol. The van der Waals surface area contributed by atoms with Gasteiger partial charge in [-0.2, -0.15) is 0 Å². The van der Waals surface area contributed by atoms with Gasteiger partial charge in [0.15, 0.2) is 0 Å². The van der Waals surface area contributed by atoms with Crippen molar-refractivity contribution in [2.45, 2.75) is 37.8 Å². The zero-order valence-electron chi connectivity index (χ0n) is 8.41. The molecule has 0 radical (unpaired) electrons. The smallest absolute Gasteiger partial charge is 0.303 e. The molecule has 2 atom stereocenters. The van der Waals surface area contributed by atoms with Gasteiger partial charge >= 0.3 is 5.97 Å². The first kappa shape index (κ1) is 9.93. The Bertz CT molecular complexity index is 220. The first-order valence-electron chi connectivity index (χ1n) is 5.45. The number of piperazine rings is 1. The molecule has 2 heterocycles. The van der Waals surface area contributed by atoms with Crippen molar-refractivity contribution in [3.8, 4) is 0 Å². The van der Waals surface area contributed by atoms with Crippen LogP contribution in [0, 0.1) is 0 Å². The molecule has 0 bridgehead atoms. The van der Waals surface area contributed by atoms with E-state index < -0.39 is 5.97 Å². The summed E-state index contributed by atoms with van der Waals surface area (Å²) in [5, 5.41) is 12.0. The predicted octanol–water partition coefficient (Wildman–Crippen LogP) is 0.287. The summed E-state index contributed by atoms with van der Waals surface area (Å²) < 4.78 is 0. The highest BCUT2D eigenvalue weighted by molar-refractivity contribution is 5.66. The highest BCUT2D eigenvalue weighted by atomic mass is 16.4. The SMILES string of the molecule is O=C(O)CCC1CN2CCCC2CN1. The van der Waals surface area contributed by atoms with Gasteiger partial charge in [-0.1, -0.05) is 0 Å². The molecule has 0 spiro atoms. The molecule has 0 aromatic carbocycles. The van der Waals surface area contributed by atoms with Gasteiger partial charge in [0, 0.05) is 31.6 Å². The quantitative estimate of drug-likeness (QED) is 0.684. The van der Waals surface area contributed by atoms with Gasteiger partial charge in [-0.3, -0.25) is 9.69 Å². The largest absolute Gasteiger partial charge is 0.481 e. The van der Waals surface area contributed by atoms with Crippen LogP contribution in [-0.4, -0.2) is 47.7 Å². The Labute approximate surface area is 84.3 Å². The van der Waals surface area contributed by atoms with E-state index in [1.807, 2.05) is 0 Å². The number of carboxylic acid groups (broad SMARTS) is 1. The molecule has 0 amide bonds. The number of carbonyl (C=O) groups is 1. The summed E-state index contributed by atoms with van der Waals surface area (Å²) in [6.07, 6.45) is 3.66. The molecule has 2 fully saturated rings. The van der Waals surface area contributed by atoms with Gasteiger partial charge in [0.2, 0.25) is 0 Å². The molecule has 4 nitrogen and oxygen atoms in total. The summed E-state index contributed by atoms with van der Waals surface area (Å²) in [6, 6.07) is 1.11. The average Bonchev–Trinajstić information content (AvgIpc) is 2.61. The summed E-state index contributed by atoms with van der Waals surface area (Å²) in [5.74, 6) is -0.685. The second-order valence-corrected chi connectivity index (χ2v) is 4.33. The molecule has 0 aromatic rings. The lowest BCUT2D eigenvalue weighted by Crippen LogP contribution is -2.53. The van der Waals surface area contributed by atoms with Gasteiger partial charge in [0.1, 0.15) is 0 Å². The third kappa shape index (κ3) is 2.25. The van der Waals surface area contributed by atoms with E-state index in [-0.39, 0.29) is 6.42 Å². The molecule has 14 heavy (non-hydrogen) atoms. The van der Waals surface area contributed by atoms with Crippen molar-refractivity contribution in [1.82, 2.24) is 10.2 Å². The van der Waals surface area contributed by atoms with E-state index in [9.17, 15) is 4.79 Å². The van der Waals surface area contributed by atoms with Crippen LogP contribution < -0.4 is 5.32 Å². The molecule has 0 aromatic heterocycles. The maximum Gasteiger partial charge on any atom is 0.303 e. The minimum Gasteiger partial charge on any atom is -0.481 e. The van der Waals surface area contributed by atoms with Crippen molar-refractivity contribution < 1.29 is 9.90 Å². The summed E-state index contributed by atoms with van der Waals surface area (Å²) >= 11 is 0. The van der Waals surface area contributed by atoms with E-state index in [0.717, 1.165) is 25.6 Å². The van der Waals surface area contributed by atoms with E-state index in [4.69, 9.17) is 5.11 Å². The topological polar surface area (TPSA) is 52.6 Å². The number of hydrogen-bond acceptors (Lipinski definition) is 3. The van der Waals surface area contributed by atoms with Crippen LogP contribution >= 0.6 is 0 Å². The third-order valence-corrected chi connectivity index (χ3v) is 3.30. The van der Waals surface area contributed by atoms with Crippen LogP contribution in [0.2, 0.25) is 0 Å². The normalized spacial score (nSPS) is 32.9. The van der Waals surface area contributed by atoms with Crippen molar-refractivity contribution in [2.75, 3.05) is 19.6 Å². The average molecular weight is 198 g/mol. The number of nitrogens with zero attached hydrogens (tertiary/aromatic N) is 1. The van der Waals surface area contributed by atoms with Gasteiger partial charge in [-0.25, -0.2) is 0 Å². The van der Waals surface area contributed by atoms with E-state index in [0.29, 0.717) is 6.04 Å². The standard InChI is InChI=1S/C10H18N2O2/c13-10(14)4-3-8-7-12-5-1-2-9(12)6-11-8/h8-9,11H,1-7H2,(H,13,14). The monoisotopic (exact) mass is 198 g/mol. The van der Waals surface area contributed by atoms with Crippen LogP contribution in [0.5, 0.6) is 0 Å². The molecule has 2 rings (SSSR count). The first-order chi connectivity index (χ1) is 6.75. The van der Waals surface area contributed by atoms with Gasteiger partial charge in [-0.15, -0.1) is 0 Å². The Morgan fingerprint density at radius 1 is 1.57 bits per heavy atom. The van der Waals surface area contributed by atoms with Gasteiger partial charge in [0.25, 0.3) is 0 Å². The van der Waals surface area contributed by atoms with Gasteiger partial charge in [-0.05, 0) is 25.8 Å². The fourth-order valence-corrected chi connectivity index (χ4v) is 2.51. The van der Waals surface area contributed by atoms with E-state index >= 15 is 0 Å². The number of fused-ring (bicyclic) bond motifs is 1. The molecule has 2 aliphatic heterocycles. The van der Waals surface area contributed by atoms with Crippen LogP contribution in [0.25, 0.3) is 0 Å². The second kappa shape index (κ2) is 4.28. The molecule has 2 aliphatic rings. The fourth-order valence-electron chi connectivity index (χ4n) is 2.51. The third-order valence-electron chi connectivity index (χ3n) is 3.30. The van der Waals surface area contributed by atoms with E-state index in [1.54, 1.807) is 0 Å². The first-order valence-corrected chi connectivity index (χ1v) is 5.45. The zero-order chi connectivity index (χ0) is 9.97. The summed E-state index contributed by atoms with van der Waals surface area (Å²) in [5.41, 5.74) is 0. The number of hydrogen-bond donors (Lipinski definition) is 2. The summed E-state index contributed by atoms with van der Waals surface area (Å²) in [6.45, 7) is 3.29. The Hall–Kier alpha value is -0.610. The van der Waals surface area contributed by atoms with Crippen LogP contribution in [0.1, 0.15) is 25.7 Å². The van der Waals surface area contributed by atoms with E-state index in [2.05, 4.69) is 10.2 Å². The van der Waals surface area contributed by atoms with Crippen LogP contribution in [0.4, 0.5) is 0 Å². The summed E-state index contributed by atoms with van der Waals surface area (Å²) in [4.78, 5) is 12.9. The molecule has 4 heteroatoms. The van der Waals surface area contributed by atoms with E-state index in [1.165, 1.54) is 19.4 Å². The van der Waals surface area contributed by atoms with Crippen LogP contribution in [0.15, 0.2) is 0 Å². The van der Waals surface area contributed by atoms with Crippen molar-refractivity contribution in [2.24, 2.45) is 0 Å². The lowest BCUT2D eigenvalue weighted by molar-refractivity contribution is -0.137. The Kier molecular flexibility index (Phi) is 3.03. The Morgan fingerprint density at radius 3 is 3.21 bits per heavy atom. The van der Waals surface area contributed by atoms with Crippen molar-refractivity contribution in [3.63, 3.8) is 0 Å². The molecule has 2 unspecified atom stereocenters. The number of aliphatic carboxylic acids is 1. The number of rotatable bonds is 3. The maximum absolute atomic E-state index is 10.4. The summed E-state index contributed by atoms with van der Waals surface area (Å²) in [7, 11) is 0. The van der Waals surface area contributed by atoms with Crippen molar-refractivity contribution in [1.29, 1.82) is 0 Å². The van der Waals surface area contributed by atoms with Crippen molar-refractivity contribution >= 4 is 5.97 Å². The zero-order valence-corrected chi connectivity index (χ0v) is 8.41. The minimum absolute atomic E-state index is 0.288. The minimum atomic E-state index is -0.685. The van der Waals surface area contributed by atoms with Crippen LogP contribution in [0.3, 0.4) is 0 Å². The molecule has 0 saturated carbocycles. The lowest BCUT2D eigenvalue weighted by atomic mass is 10.1. The molecule has 2 saturated heterocycles. The highest BCUT2D eigenvalue weighted by Crippen LogP contribution is 2.20. The molecular formula is C10H18N2O2. The maximum atomic E-state index is 10.4. The second-order valence-electron chi connectivity index (χ2n) is 4.33. The van der Waals surface area contributed by atoms with Gasteiger partial charge < -0.3 is 10.4 Å². The predicted molar refractivity (Wildman–Crippen MR) is 53.3 cm³/mol. The number of nitrogens with one attached hydrogen (secondary N) is 1. The molecule has 2 N–H and O–H groups in total. The molecule has 0 aliphatic carbocycles. The molecule has 80 valence electrons. The lowest BCUT2D eigenvalue weighted by Gasteiger charge is -2.35.